The fraction of sp³-hybridized carbons (Fsp3) is 0.455. The molecular formula is C11H11BrClF2IN2O2. The number of hydrogen-bond donors (Lipinski definition) is 0. The Morgan fingerprint density at radius 3 is 2.55 bits per heavy atom. The summed E-state index contributed by atoms with van der Waals surface area (Å²) in [5, 5.41) is 11.1. The van der Waals surface area contributed by atoms with Gasteiger partial charge in [0.1, 0.15) is 5.69 Å². The van der Waals surface area contributed by atoms with Crippen LogP contribution in [0.4, 0.5) is 20.2 Å². The number of nitro groups is 1. The highest BCUT2D eigenvalue weighted by molar-refractivity contribution is 14.1. The van der Waals surface area contributed by atoms with E-state index in [1.54, 1.807) is 18.9 Å². The molecule has 0 saturated heterocycles. The molecule has 0 aromatic heterocycles. The van der Waals surface area contributed by atoms with Gasteiger partial charge in [0.25, 0.3) is 5.69 Å². The van der Waals surface area contributed by atoms with E-state index >= 15 is 0 Å². The third kappa shape index (κ3) is 3.91. The van der Waals surface area contributed by atoms with Crippen LogP contribution in [0.5, 0.6) is 0 Å². The Bertz CT molecular complexity index is 528. The van der Waals surface area contributed by atoms with Crippen LogP contribution >= 0.6 is 50.1 Å². The second-order valence-electron chi connectivity index (χ2n) is 4.19. The summed E-state index contributed by atoms with van der Waals surface area (Å²) in [5.41, 5.74) is -0.570. The first-order valence-corrected chi connectivity index (χ1v) is 7.84. The van der Waals surface area contributed by atoms with Gasteiger partial charge in [0, 0.05) is 52.1 Å². The predicted molar refractivity (Wildman–Crippen MR) is 87.3 cm³/mol. The molecule has 1 rings (SSSR count). The molecule has 1 unspecified atom stereocenters. The van der Waals surface area contributed by atoms with E-state index in [1.165, 1.54) is 6.07 Å². The van der Waals surface area contributed by atoms with Gasteiger partial charge in [-0.2, -0.15) is 8.78 Å². The average Bonchev–Trinajstić information content (AvgIpc) is 2.34. The maximum atomic E-state index is 13.4. The van der Waals surface area contributed by atoms with E-state index < -0.39 is 14.4 Å². The zero-order valence-corrected chi connectivity index (χ0v) is 15.0. The molecule has 0 bridgehead atoms. The van der Waals surface area contributed by atoms with Gasteiger partial charge in [0.2, 0.25) is 0 Å². The Balaban J connectivity index is 3.47. The monoisotopic (exact) mass is 482 g/mol. The van der Waals surface area contributed by atoms with E-state index in [1.807, 2.05) is 0 Å². The van der Waals surface area contributed by atoms with Crippen molar-refractivity contribution < 1.29 is 13.7 Å². The van der Waals surface area contributed by atoms with Crippen molar-refractivity contribution in [3.63, 3.8) is 0 Å². The summed E-state index contributed by atoms with van der Waals surface area (Å²) in [6, 6.07) is 2.04. The van der Waals surface area contributed by atoms with Crippen LogP contribution in [0.15, 0.2) is 16.6 Å². The summed E-state index contributed by atoms with van der Waals surface area (Å²) in [5.74, 6) is 0.259. The van der Waals surface area contributed by atoms with Crippen molar-refractivity contribution in [2.75, 3.05) is 17.8 Å². The maximum absolute atomic E-state index is 13.4. The molecule has 0 N–H and O–H groups in total. The summed E-state index contributed by atoms with van der Waals surface area (Å²) >= 11 is 9.70. The topological polar surface area (TPSA) is 46.4 Å². The highest BCUT2D eigenvalue weighted by Gasteiger charge is 2.33. The number of halogens is 5. The first-order valence-electron chi connectivity index (χ1n) is 5.43. The lowest BCUT2D eigenvalue weighted by Gasteiger charge is -2.26. The minimum Gasteiger partial charge on any atom is -0.365 e. The van der Waals surface area contributed by atoms with E-state index in [-0.39, 0.29) is 27.8 Å². The van der Waals surface area contributed by atoms with Crippen LogP contribution in [0.25, 0.3) is 0 Å². The van der Waals surface area contributed by atoms with Crippen LogP contribution < -0.4 is 4.90 Å². The van der Waals surface area contributed by atoms with Gasteiger partial charge in [-0.1, -0.05) is 15.9 Å². The number of hydrogen-bond acceptors (Lipinski definition) is 3. The number of benzene rings is 1. The van der Waals surface area contributed by atoms with Crippen LogP contribution in [0.3, 0.4) is 0 Å². The molecule has 1 atom stereocenters. The molecular weight excluding hydrogens is 472 g/mol. The molecule has 0 fully saturated rings. The lowest BCUT2D eigenvalue weighted by molar-refractivity contribution is -0.384. The molecule has 0 spiro atoms. The molecule has 0 aliphatic heterocycles. The van der Waals surface area contributed by atoms with Crippen LogP contribution in [0.2, 0.25) is 0 Å². The van der Waals surface area contributed by atoms with Gasteiger partial charge in [-0.15, -0.1) is 11.6 Å². The average molecular weight is 483 g/mol. The molecule has 0 saturated carbocycles. The van der Waals surface area contributed by atoms with E-state index in [0.717, 1.165) is 28.7 Å². The number of nitrogens with zero attached hydrogens (tertiary/aromatic N) is 2. The van der Waals surface area contributed by atoms with Gasteiger partial charge in [-0.3, -0.25) is 10.1 Å². The van der Waals surface area contributed by atoms with Gasteiger partial charge in [0.05, 0.1) is 10.5 Å². The van der Waals surface area contributed by atoms with E-state index in [9.17, 15) is 18.9 Å². The molecule has 0 radical (unpaired) electrons. The summed E-state index contributed by atoms with van der Waals surface area (Å²) in [7, 11) is 1.63. The highest BCUT2D eigenvalue weighted by Crippen LogP contribution is 2.44. The van der Waals surface area contributed by atoms with Crippen LogP contribution in [-0.4, -0.2) is 23.9 Å². The van der Waals surface area contributed by atoms with Crippen molar-refractivity contribution in [3.05, 3.63) is 32.3 Å². The lowest BCUT2D eigenvalue weighted by atomic mass is 10.1. The first kappa shape index (κ1) is 17.8. The summed E-state index contributed by atoms with van der Waals surface area (Å²) in [6.45, 7) is 1.78. The molecule has 0 aliphatic carbocycles. The van der Waals surface area contributed by atoms with E-state index in [2.05, 4.69) is 15.9 Å². The standard InChI is InChI=1S/C11H11BrClF2IN2O2/c1-6(5-13)17(2)9-4-8(12)7(11(14,15)16)3-10(9)18(19)20/h3-4,6H,5H2,1-2H3. The number of rotatable bonds is 5. The highest BCUT2D eigenvalue weighted by atomic mass is 127. The molecule has 1 aromatic carbocycles. The van der Waals surface area contributed by atoms with Crippen LogP contribution in [0.1, 0.15) is 12.5 Å². The first-order chi connectivity index (χ1) is 9.09. The van der Waals surface area contributed by atoms with Crippen molar-refractivity contribution in [1.29, 1.82) is 0 Å². The largest absolute Gasteiger partial charge is 0.365 e. The summed E-state index contributed by atoms with van der Waals surface area (Å²) in [6.07, 6.45) is 0. The lowest BCUT2D eigenvalue weighted by Crippen LogP contribution is -2.30. The Labute approximate surface area is 141 Å². The minimum absolute atomic E-state index is 0.117. The third-order valence-corrected chi connectivity index (χ3v) is 4.51. The molecule has 4 nitrogen and oxygen atoms in total. The molecule has 20 heavy (non-hydrogen) atoms. The number of anilines is 1. The summed E-state index contributed by atoms with van der Waals surface area (Å²) < 4.78 is 23.8. The van der Waals surface area contributed by atoms with Crippen molar-refractivity contribution in [3.8, 4) is 0 Å². The van der Waals surface area contributed by atoms with Gasteiger partial charge < -0.3 is 4.90 Å². The molecule has 0 heterocycles. The fourth-order valence-corrected chi connectivity index (χ4v) is 3.14. The van der Waals surface area contributed by atoms with Gasteiger partial charge >= 0.3 is 3.93 Å². The van der Waals surface area contributed by atoms with Gasteiger partial charge in [-0.05, 0) is 13.0 Å². The van der Waals surface area contributed by atoms with Crippen molar-refractivity contribution in [1.82, 2.24) is 0 Å². The third-order valence-electron chi connectivity index (χ3n) is 2.83. The smallest absolute Gasteiger partial charge is 0.322 e. The normalized spacial score (nSPS) is 13.2. The second kappa shape index (κ2) is 6.69. The number of nitro benzene ring substituents is 1. The molecule has 112 valence electrons. The van der Waals surface area contributed by atoms with Crippen molar-refractivity contribution in [2.24, 2.45) is 0 Å². The zero-order chi connectivity index (χ0) is 15.7. The van der Waals surface area contributed by atoms with E-state index in [4.69, 9.17) is 11.6 Å². The van der Waals surface area contributed by atoms with Crippen LogP contribution in [-0.2, 0) is 3.93 Å². The van der Waals surface area contributed by atoms with Crippen molar-refractivity contribution >= 4 is 61.5 Å². The molecule has 0 amide bonds. The molecule has 1 aromatic rings. The summed E-state index contributed by atoms with van der Waals surface area (Å²) in [4.78, 5) is 12.0. The van der Waals surface area contributed by atoms with Gasteiger partial charge in [-0.25, -0.2) is 0 Å². The molecule has 0 aliphatic rings. The predicted octanol–water partition coefficient (Wildman–Crippen LogP) is 4.91. The van der Waals surface area contributed by atoms with Gasteiger partial charge in [0.15, 0.2) is 0 Å². The Morgan fingerprint density at radius 1 is 1.60 bits per heavy atom. The van der Waals surface area contributed by atoms with Crippen molar-refractivity contribution in [2.45, 2.75) is 16.9 Å². The SMILES string of the molecule is CC(CCl)N(C)c1cc(Br)c(C(F)(F)I)cc1[N+](=O)[O-]. The second-order valence-corrected chi connectivity index (χ2v) is 6.71. The van der Waals surface area contributed by atoms with E-state index in [0.29, 0.717) is 0 Å². The number of alkyl halides is 4. The minimum atomic E-state index is -3.20. The van der Waals surface area contributed by atoms with Crippen LogP contribution in [0, 0.1) is 10.1 Å². The zero-order valence-electron chi connectivity index (χ0n) is 10.5. The molecule has 9 heteroatoms. The fourth-order valence-electron chi connectivity index (χ4n) is 1.54. The maximum Gasteiger partial charge on any atom is 0.322 e. The quantitative estimate of drug-likeness (QED) is 0.259. The Kier molecular flexibility index (Phi) is 5.97. The Hall–Kier alpha value is -0.220. The Morgan fingerprint density at radius 2 is 2.15 bits per heavy atom.